The van der Waals surface area contributed by atoms with Crippen LogP contribution < -0.4 is 5.32 Å². The smallest absolute Gasteiger partial charge is 0.337 e. The Labute approximate surface area is 192 Å². The molecule has 3 aromatic rings. The summed E-state index contributed by atoms with van der Waals surface area (Å²) < 4.78 is 10.2. The number of nitrogens with one attached hydrogen (secondary N) is 1. The van der Waals surface area contributed by atoms with Crippen molar-refractivity contribution in [3.05, 3.63) is 66.1 Å². The molecule has 1 aromatic heterocycles. The molecule has 1 saturated heterocycles. The minimum atomic E-state index is -0.406. The number of carbonyl (C=O) groups excluding carboxylic acids is 2. The van der Waals surface area contributed by atoms with Crippen LogP contribution in [0.2, 0.25) is 0 Å². The predicted octanol–water partition coefficient (Wildman–Crippen LogP) is 2.84. The first-order valence-corrected chi connectivity index (χ1v) is 10.9. The summed E-state index contributed by atoms with van der Waals surface area (Å²) in [6.45, 7) is 5.48. The lowest BCUT2D eigenvalue weighted by atomic mass is 10.2. The SMILES string of the molecule is COC(=O)c1ccc(NC(=O)CN2CCN([C@@H](C)c3nc(-c4ccccc4)no3)CC2)cc1. The normalized spacial score (nSPS) is 15.7. The molecule has 172 valence electrons. The summed E-state index contributed by atoms with van der Waals surface area (Å²) in [6.07, 6.45) is 0. The van der Waals surface area contributed by atoms with E-state index in [9.17, 15) is 9.59 Å². The van der Waals surface area contributed by atoms with Gasteiger partial charge in [-0.2, -0.15) is 4.98 Å². The molecule has 2 heterocycles. The van der Waals surface area contributed by atoms with E-state index in [1.165, 1.54) is 7.11 Å². The van der Waals surface area contributed by atoms with E-state index < -0.39 is 5.97 Å². The molecule has 9 heteroatoms. The van der Waals surface area contributed by atoms with Crippen LogP contribution in [-0.4, -0.2) is 71.7 Å². The Kier molecular flexibility index (Phi) is 7.11. The predicted molar refractivity (Wildman–Crippen MR) is 123 cm³/mol. The third-order valence-corrected chi connectivity index (χ3v) is 5.74. The van der Waals surface area contributed by atoms with E-state index in [-0.39, 0.29) is 11.9 Å². The highest BCUT2D eigenvalue weighted by molar-refractivity contribution is 5.94. The van der Waals surface area contributed by atoms with Gasteiger partial charge in [0.1, 0.15) is 0 Å². The van der Waals surface area contributed by atoms with Crippen LogP contribution in [0.15, 0.2) is 59.1 Å². The Bertz CT molecular complexity index is 1080. The second-order valence-corrected chi connectivity index (χ2v) is 7.93. The summed E-state index contributed by atoms with van der Waals surface area (Å²) in [6, 6.07) is 16.4. The fourth-order valence-corrected chi connectivity index (χ4v) is 3.79. The third-order valence-electron chi connectivity index (χ3n) is 5.74. The average molecular weight is 450 g/mol. The van der Waals surface area contributed by atoms with E-state index in [0.717, 1.165) is 31.7 Å². The lowest BCUT2D eigenvalue weighted by Crippen LogP contribution is -2.49. The number of hydrogen-bond acceptors (Lipinski definition) is 8. The molecule has 1 N–H and O–H groups in total. The van der Waals surface area contributed by atoms with Crippen molar-refractivity contribution in [2.24, 2.45) is 0 Å². The van der Waals surface area contributed by atoms with Crippen LogP contribution in [-0.2, 0) is 9.53 Å². The van der Waals surface area contributed by atoms with Crippen molar-refractivity contribution in [1.29, 1.82) is 0 Å². The van der Waals surface area contributed by atoms with Crippen LogP contribution >= 0.6 is 0 Å². The molecular weight excluding hydrogens is 422 g/mol. The van der Waals surface area contributed by atoms with Crippen LogP contribution in [0.4, 0.5) is 5.69 Å². The molecule has 0 bridgehead atoms. The van der Waals surface area contributed by atoms with E-state index in [1.54, 1.807) is 24.3 Å². The van der Waals surface area contributed by atoms with Gasteiger partial charge < -0.3 is 14.6 Å². The van der Waals surface area contributed by atoms with Gasteiger partial charge in [-0.25, -0.2) is 4.79 Å². The zero-order valence-electron chi connectivity index (χ0n) is 18.7. The fraction of sp³-hybridized carbons (Fsp3) is 0.333. The molecule has 1 amide bonds. The van der Waals surface area contributed by atoms with Crippen molar-refractivity contribution in [3.63, 3.8) is 0 Å². The monoisotopic (exact) mass is 449 g/mol. The van der Waals surface area contributed by atoms with Gasteiger partial charge in [0, 0.05) is 37.4 Å². The number of anilines is 1. The maximum Gasteiger partial charge on any atom is 0.337 e. The van der Waals surface area contributed by atoms with Gasteiger partial charge >= 0.3 is 5.97 Å². The second kappa shape index (κ2) is 10.4. The van der Waals surface area contributed by atoms with Crippen LogP contribution in [0.25, 0.3) is 11.4 Å². The van der Waals surface area contributed by atoms with Gasteiger partial charge in [0.05, 0.1) is 25.3 Å². The molecule has 33 heavy (non-hydrogen) atoms. The number of rotatable bonds is 7. The maximum atomic E-state index is 12.4. The van der Waals surface area contributed by atoms with E-state index in [0.29, 0.717) is 29.5 Å². The number of methoxy groups -OCH3 is 1. The first-order chi connectivity index (χ1) is 16.0. The molecule has 0 saturated carbocycles. The van der Waals surface area contributed by atoms with E-state index in [1.807, 2.05) is 30.3 Å². The highest BCUT2D eigenvalue weighted by atomic mass is 16.5. The van der Waals surface area contributed by atoms with Crippen LogP contribution in [0.1, 0.15) is 29.2 Å². The largest absolute Gasteiger partial charge is 0.465 e. The number of ether oxygens (including phenoxy) is 1. The molecular formula is C24H27N5O4. The standard InChI is InChI=1S/C24H27N5O4/c1-17(23-26-22(27-33-23)18-6-4-3-5-7-18)29-14-12-28(13-15-29)16-21(30)25-20-10-8-19(9-11-20)24(31)32-2/h3-11,17H,12-16H2,1-2H3,(H,25,30)/t17-/m0/s1. The molecule has 0 spiro atoms. The molecule has 2 aromatic carbocycles. The number of carbonyl (C=O) groups is 2. The highest BCUT2D eigenvalue weighted by Crippen LogP contribution is 2.23. The molecule has 1 aliphatic heterocycles. The zero-order chi connectivity index (χ0) is 23.2. The van der Waals surface area contributed by atoms with Crippen LogP contribution in [0.5, 0.6) is 0 Å². The molecule has 0 radical (unpaired) electrons. The van der Waals surface area contributed by atoms with Gasteiger partial charge in [-0.1, -0.05) is 35.5 Å². The summed E-state index contributed by atoms with van der Waals surface area (Å²) in [5.41, 5.74) is 2.01. The van der Waals surface area contributed by atoms with Crippen molar-refractivity contribution < 1.29 is 18.8 Å². The number of benzene rings is 2. The molecule has 1 atom stereocenters. The fourth-order valence-electron chi connectivity index (χ4n) is 3.79. The number of piperazine rings is 1. The van der Waals surface area contributed by atoms with Gasteiger partial charge in [0.15, 0.2) is 0 Å². The number of hydrogen-bond donors (Lipinski definition) is 1. The third kappa shape index (κ3) is 5.63. The quantitative estimate of drug-likeness (QED) is 0.550. The summed E-state index contributed by atoms with van der Waals surface area (Å²) in [7, 11) is 1.34. The first kappa shape index (κ1) is 22.6. The average Bonchev–Trinajstić information content (AvgIpc) is 3.35. The topological polar surface area (TPSA) is 101 Å². The lowest BCUT2D eigenvalue weighted by molar-refractivity contribution is -0.117. The van der Waals surface area contributed by atoms with Gasteiger partial charge in [-0.15, -0.1) is 0 Å². The number of aromatic nitrogens is 2. The van der Waals surface area contributed by atoms with Gasteiger partial charge in [-0.05, 0) is 31.2 Å². The van der Waals surface area contributed by atoms with Gasteiger partial charge in [0.2, 0.25) is 17.6 Å². The molecule has 0 unspecified atom stereocenters. The lowest BCUT2D eigenvalue weighted by Gasteiger charge is -2.36. The van der Waals surface area contributed by atoms with Crippen molar-refractivity contribution in [2.45, 2.75) is 13.0 Å². The second-order valence-electron chi connectivity index (χ2n) is 7.93. The summed E-state index contributed by atoms with van der Waals surface area (Å²) in [5, 5.41) is 6.99. The summed E-state index contributed by atoms with van der Waals surface area (Å²) in [4.78, 5) is 32.9. The van der Waals surface area contributed by atoms with Crippen molar-refractivity contribution in [2.75, 3.05) is 45.2 Å². The Morgan fingerprint density at radius 2 is 1.76 bits per heavy atom. The van der Waals surface area contributed by atoms with E-state index in [2.05, 4.69) is 36.9 Å². The van der Waals surface area contributed by atoms with Crippen LogP contribution in [0.3, 0.4) is 0 Å². The van der Waals surface area contributed by atoms with Gasteiger partial charge in [0.25, 0.3) is 0 Å². The van der Waals surface area contributed by atoms with Gasteiger partial charge in [-0.3, -0.25) is 14.6 Å². The Hall–Kier alpha value is -3.56. The molecule has 1 fully saturated rings. The Balaban J connectivity index is 1.25. The van der Waals surface area contributed by atoms with Crippen molar-refractivity contribution in [3.8, 4) is 11.4 Å². The Morgan fingerprint density at radius 3 is 2.42 bits per heavy atom. The van der Waals surface area contributed by atoms with E-state index in [4.69, 9.17) is 4.52 Å². The number of amides is 1. The minimum absolute atomic E-state index is 0.000681. The van der Waals surface area contributed by atoms with E-state index >= 15 is 0 Å². The highest BCUT2D eigenvalue weighted by Gasteiger charge is 2.26. The summed E-state index contributed by atoms with van der Waals surface area (Å²) >= 11 is 0. The zero-order valence-corrected chi connectivity index (χ0v) is 18.7. The molecule has 0 aliphatic carbocycles. The molecule has 1 aliphatic rings. The Morgan fingerprint density at radius 1 is 1.06 bits per heavy atom. The first-order valence-electron chi connectivity index (χ1n) is 10.9. The maximum absolute atomic E-state index is 12.4. The van der Waals surface area contributed by atoms with Crippen LogP contribution in [0, 0.1) is 0 Å². The number of nitrogens with zero attached hydrogens (tertiary/aromatic N) is 4. The number of esters is 1. The molecule has 4 rings (SSSR count). The summed E-state index contributed by atoms with van der Waals surface area (Å²) in [5.74, 6) is 0.686. The van der Waals surface area contributed by atoms with Crippen molar-refractivity contribution in [1.82, 2.24) is 19.9 Å². The van der Waals surface area contributed by atoms with Crippen molar-refractivity contribution >= 4 is 17.6 Å². The minimum Gasteiger partial charge on any atom is -0.465 e. The molecule has 9 nitrogen and oxygen atoms in total.